The maximum Gasteiger partial charge on any atom is 0.307 e. The molecule has 0 aliphatic rings. The van der Waals surface area contributed by atoms with Crippen molar-refractivity contribution in [1.82, 2.24) is 4.57 Å². The number of carbonyl (C=O) groups excluding carboxylic acids is 2. The van der Waals surface area contributed by atoms with Crippen LogP contribution in [0.25, 0.3) is 10.2 Å². The highest BCUT2D eigenvalue weighted by Crippen LogP contribution is 2.17. The Labute approximate surface area is 154 Å². The van der Waals surface area contributed by atoms with E-state index in [1.165, 1.54) is 18.4 Å². The second-order valence-corrected chi connectivity index (χ2v) is 6.45. The lowest BCUT2D eigenvalue weighted by Gasteiger charge is -2.05. The largest absolute Gasteiger partial charge is 0.484 e. The number of thiazole rings is 1. The number of aromatic nitrogens is 1. The molecule has 3 rings (SSSR count). The molecule has 0 saturated heterocycles. The predicted molar refractivity (Wildman–Crippen MR) is 99.0 cm³/mol. The molecule has 1 heterocycles. The fraction of sp³-hybridized carbons (Fsp3) is 0.211. The molecule has 0 unspecified atom stereocenters. The molecule has 0 aliphatic carbocycles. The average Bonchev–Trinajstić information content (AvgIpc) is 3.02. The highest BCUT2D eigenvalue weighted by molar-refractivity contribution is 7.16. The van der Waals surface area contributed by atoms with Gasteiger partial charge in [-0.1, -0.05) is 41.7 Å². The maximum atomic E-state index is 12.2. The first-order valence-corrected chi connectivity index (χ1v) is 8.89. The van der Waals surface area contributed by atoms with Gasteiger partial charge in [-0.25, -0.2) is 0 Å². The summed E-state index contributed by atoms with van der Waals surface area (Å²) in [6.07, 6.45) is 0.207. The predicted octanol–water partition coefficient (Wildman–Crippen LogP) is 2.77. The van der Waals surface area contributed by atoms with Crippen molar-refractivity contribution in [3.05, 3.63) is 59.4 Å². The van der Waals surface area contributed by atoms with Gasteiger partial charge in [-0.05, 0) is 24.3 Å². The van der Waals surface area contributed by atoms with Crippen LogP contribution in [0.3, 0.4) is 0 Å². The van der Waals surface area contributed by atoms with E-state index >= 15 is 0 Å². The van der Waals surface area contributed by atoms with Crippen molar-refractivity contribution < 1.29 is 19.1 Å². The van der Waals surface area contributed by atoms with Gasteiger partial charge in [0.1, 0.15) is 5.75 Å². The highest BCUT2D eigenvalue weighted by atomic mass is 32.1. The van der Waals surface area contributed by atoms with Crippen LogP contribution in [-0.4, -0.2) is 30.2 Å². The van der Waals surface area contributed by atoms with Crippen LogP contribution < -0.4 is 9.54 Å². The number of hydrogen-bond acceptors (Lipinski definition) is 5. The summed E-state index contributed by atoms with van der Waals surface area (Å²) in [5.41, 5.74) is 0.928. The molecule has 6 nitrogen and oxygen atoms in total. The SMILES string of the molecule is COC(=O)CCn1c(=NC(=O)COc2ccccc2)sc2ccccc21. The zero-order valence-corrected chi connectivity index (χ0v) is 15.1. The molecule has 2 aromatic carbocycles. The smallest absolute Gasteiger partial charge is 0.307 e. The van der Waals surface area contributed by atoms with Crippen molar-refractivity contribution in [2.45, 2.75) is 13.0 Å². The van der Waals surface area contributed by atoms with E-state index < -0.39 is 0 Å². The standard InChI is InChI=1S/C19H18N2O4S/c1-24-18(23)11-12-21-15-9-5-6-10-16(15)26-19(21)20-17(22)13-25-14-7-3-2-4-8-14/h2-10H,11-13H2,1H3. The molecule has 134 valence electrons. The molecule has 0 aliphatic heterocycles. The van der Waals surface area contributed by atoms with Crippen LogP contribution in [-0.2, 0) is 20.9 Å². The summed E-state index contributed by atoms with van der Waals surface area (Å²) in [6, 6.07) is 16.8. The number of ether oxygens (including phenoxy) is 2. The molecule has 3 aromatic rings. The van der Waals surface area contributed by atoms with E-state index in [1.807, 2.05) is 47.0 Å². The molecule has 26 heavy (non-hydrogen) atoms. The zero-order valence-electron chi connectivity index (χ0n) is 14.3. The van der Waals surface area contributed by atoms with Gasteiger partial charge in [0.05, 0.1) is 23.7 Å². The number of benzene rings is 2. The Morgan fingerprint density at radius 3 is 2.58 bits per heavy atom. The molecule has 0 fully saturated rings. The first-order chi connectivity index (χ1) is 12.7. The van der Waals surface area contributed by atoms with E-state index in [-0.39, 0.29) is 24.9 Å². The van der Waals surface area contributed by atoms with Crippen LogP contribution in [0.4, 0.5) is 0 Å². The minimum atomic E-state index is -0.382. The van der Waals surface area contributed by atoms with Crippen LogP contribution in [0.1, 0.15) is 6.42 Å². The van der Waals surface area contributed by atoms with E-state index in [1.54, 1.807) is 12.1 Å². The van der Waals surface area contributed by atoms with Crippen LogP contribution in [0.2, 0.25) is 0 Å². The molecule has 0 radical (unpaired) electrons. The Bertz CT molecular complexity index is 976. The normalized spacial score (nSPS) is 11.5. The molecule has 0 atom stereocenters. The minimum absolute atomic E-state index is 0.144. The number of methoxy groups -OCH3 is 1. The van der Waals surface area contributed by atoms with Gasteiger partial charge in [-0.2, -0.15) is 4.99 Å². The summed E-state index contributed by atoms with van der Waals surface area (Å²) < 4.78 is 13.0. The van der Waals surface area contributed by atoms with Crippen molar-refractivity contribution in [2.24, 2.45) is 4.99 Å². The van der Waals surface area contributed by atoms with Crippen molar-refractivity contribution >= 4 is 33.4 Å². The Morgan fingerprint density at radius 2 is 1.81 bits per heavy atom. The summed E-state index contributed by atoms with van der Waals surface area (Å²) in [4.78, 5) is 28.4. The third-order valence-electron chi connectivity index (χ3n) is 3.68. The monoisotopic (exact) mass is 370 g/mol. The lowest BCUT2D eigenvalue weighted by molar-refractivity contribution is -0.140. The van der Waals surface area contributed by atoms with Crippen LogP contribution in [0, 0.1) is 0 Å². The summed E-state index contributed by atoms with van der Waals surface area (Å²) >= 11 is 1.40. The molecule has 0 bridgehead atoms. The first-order valence-electron chi connectivity index (χ1n) is 8.08. The number of para-hydroxylation sites is 2. The fourth-order valence-corrected chi connectivity index (χ4v) is 3.50. The van der Waals surface area contributed by atoms with E-state index in [2.05, 4.69) is 4.99 Å². The van der Waals surface area contributed by atoms with Crippen molar-refractivity contribution in [3.8, 4) is 5.75 Å². The Balaban J connectivity index is 1.84. The number of carbonyl (C=O) groups is 2. The third-order valence-corrected chi connectivity index (χ3v) is 4.74. The second kappa shape index (κ2) is 8.44. The van der Waals surface area contributed by atoms with Crippen molar-refractivity contribution in [3.63, 3.8) is 0 Å². The zero-order chi connectivity index (χ0) is 18.4. The summed E-state index contributed by atoms with van der Waals surface area (Å²) in [7, 11) is 1.36. The lowest BCUT2D eigenvalue weighted by Crippen LogP contribution is -2.21. The van der Waals surface area contributed by atoms with Crippen molar-refractivity contribution in [1.29, 1.82) is 0 Å². The van der Waals surface area contributed by atoms with Crippen LogP contribution in [0.15, 0.2) is 59.6 Å². The third kappa shape index (κ3) is 4.37. The Kier molecular flexibility index (Phi) is 5.80. The van der Waals surface area contributed by atoms with E-state index in [4.69, 9.17) is 9.47 Å². The van der Waals surface area contributed by atoms with Crippen molar-refractivity contribution in [2.75, 3.05) is 13.7 Å². The number of fused-ring (bicyclic) bond motifs is 1. The summed E-state index contributed by atoms with van der Waals surface area (Å²) in [5.74, 6) is -0.0735. The minimum Gasteiger partial charge on any atom is -0.484 e. The van der Waals surface area contributed by atoms with Gasteiger partial charge < -0.3 is 14.0 Å². The number of hydrogen-bond donors (Lipinski definition) is 0. The van der Waals surface area contributed by atoms with Gasteiger partial charge in [-0.15, -0.1) is 0 Å². The van der Waals surface area contributed by atoms with Gasteiger partial charge in [0.15, 0.2) is 11.4 Å². The molecule has 0 saturated carbocycles. The number of esters is 1. The highest BCUT2D eigenvalue weighted by Gasteiger charge is 2.10. The Hall–Kier alpha value is -2.93. The molecule has 1 amide bonds. The first kappa shape index (κ1) is 17.9. The molecular formula is C19H18N2O4S. The molecule has 1 aromatic heterocycles. The maximum absolute atomic E-state index is 12.2. The number of amides is 1. The van der Waals surface area contributed by atoms with Gasteiger partial charge in [-0.3, -0.25) is 9.59 Å². The van der Waals surface area contributed by atoms with Gasteiger partial charge >= 0.3 is 5.97 Å². The van der Waals surface area contributed by atoms with Gasteiger partial charge in [0.25, 0.3) is 5.91 Å². The number of rotatable bonds is 6. The van der Waals surface area contributed by atoms with E-state index in [0.717, 1.165) is 10.2 Å². The summed E-state index contributed by atoms with van der Waals surface area (Å²) in [6.45, 7) is 0.248. The number of aryl methyl sites for hydroxylation is 1. The topological polar surface area (TPSA) is 69.9 Å². The quantitative estimate of drug-likeness (QED) is 0.626. The van der Waals surface area contributed by atoms with Crippen LogP contribution >= 0.6 is 11.3 Å². The average molecular weight is 370 g/mol. The summed E-state index contributed by atoms with van der Waals surface area (Å²) in [5, 5.41) is 0. The van der Waals surface area contributed by atoms with E-state index in [0.29, 0.717) is 17.1 Å². The van der Waals surface area contributed by atoms with Crippen LogP contribution in [0.5, 0.6) is 5.75 Å². The molecule has 7 heteroatoms. The Morgan fingerprint density at radius 1 is 1.08 bits per heavy atom. The lowest BCUT2D eigenvalue weighted by atomic mass is 10.3. The molecule has 0 spiro atoms. The molecular weight excluding hydrogens is 352 g/mol. The fourth-order valence-electron chi connectivity index (χ4n) is 2.43. The van der Waals surface area contributed by atoms with Gasteiger partial charge in [0, 0.05) is 6.54 Å². The van der Waals surface area contributed by atoms with E-state index in [9.17, 15) is 9.59 Å². The molecule has 0 N–H and O–H groups in total. The van der Waals surface area contributed by atoms with Gasteiger partial charge in [0.2, 0.25) is 0 Å². The number of nitrogens with zero attached hydrogens (tertiary/aromatic N) is 2. The second-order valence-electron chi connectivity index (χ2n) is 5.44.